The maximum absolute atomic E-state index is 5.27. The molecule has 0 aromatic heterocycles. The third-order valence-corrected chi connectivity index (χ3v) is 4.31. The summed E-state index contributed by atoms with van der Waals surface area (Å²) in [7, 11) is 3.42. The lowest BCUT2D eigenvalue weighted by Gasteiger charge is -2.12. The van der Waals surface area contributed by atoms with Crippen LogP contribution in [0.5, 0.6) is 5.75 Å². The predicted molar refractivity (Wildman–Crippen MR) is 85.8 cm³/mol. The zero-order valence-corrected chi connectivity index (χ0v) is 13.4. The highest BCUT2D eigenvalue weighted by Crippen LogP contribution is 2.32. The van der Waals surface area contributed by atoms with Gasteiger partial charge in [-0.25, -0.2) is 0 Å². The SMILES string of the molecule is COCCc1ccc(C(Br)c2cccc(OC)c2)cc1. The standard InChI is InChI=1S/C17H19BrO2/c1-19-11-10-13-6-8-14(9-7-13)17(18)15-4-3-5-16(12-15)20-2/h3-9,12,17H,10-11H2,1-2H3. The first kappa shape index (κ1) is 15.1. The van der Waals surface area contributed by atoms with Gasteiger partial charge in [0, 0.05) is 7.11 Å². The molecule has 2 aromatic carbocycles. The monoisotopic (exact) mass is 334 g/mol. The van der Waals surface area contributed by atoms with E-state index in [-0.39, 0.29) is 4.83 Å². The second-order valence-corrected chi connectivity index (χ2v) is 5.54. The molecule has 0 aliphatic carbocycles. The molecule has 20 heavy (non-hydrogen) atoms. The minimum atomic E-state index is 0.175. The van der Waals surface area contributed by atoms with Crippen molar-refractivity contribution in [3.8, 4) is 5.75 Å². The van der Waals surface area contributed by atoms with Crippen molar-refractivity contribution in [1.29, 1.82) is 0 Å². The van der Waals surface area contributed by atoms with Crippen LogP contribution >= 0.6 is 15.9 Å². The van der Waals surface area contributed by atoms with E-state index in [1.807, 2.05) is 12.1 Å². The van der Waals surface area contributed by atoms with Gasteiger partial charge in [-0.3, -0.25) is 0 Å². The minimum Gasteiger partial charge on any atom is -0.497 e. The number of hydrogen-bond donors (Lipinski definition) is 0. The van der Waals surface area contributed by atoms with Crippen LogP contribution in [-0.2, 0) is 11.2 Å². The van der Waals surface area contributed by atoms with Gasteiger partial charge in [0.05, 0.1) is 18.5 Å². The molecule has 2 nitrogen and oxygen atoms in total. The molecular formula is C17H19BrO2. The van der Waals surface area contributed by atoms with Crippen molar-refractivity contribution in [3.05, 3.63) is 65.2 Å². The van der Waals surface area contributed by atoms with E-state index in [4.69, 9.17) is 9.47 Å². The number of methoxy groups -OCH3 is 2. The molecule has 1 atom stereocenters. The van der Waals surface area contributed by atoms with Crippen molar-refractivity contribution < 1.29 is 9.47 Å². The molecule has 0 saturated heterocycles. The normalized spacial score (nSPS) is 12.2. The van der Waals surface area contributed by atoms with Gasteiger partial charge in [-0.15, -0.1) is 0 Å². The molecule has 0 bridgehead atoms. The van der Waals surface area contributed by atoms with Crippen molar-refractivity contribution in [2.24, 2.45) is 0 Å². The number of benzene rings is 2. The summed E-state index contributed by atoms with van der Waals surface area (Å²) in [5, 5.41) is 0. The second kappa shape index (κ2) is 7.46. The van der Waals surface area contributed by atoms with Crippen molar-refractivity contribution >= 4 is 15.9 Å². The summed E-state index contributed by atoms with van der Waals surface area (Å²) in [6.07, 6.45) is 0.947. The summed E-state index contributed by atoms with van der Waals surface area (Å²) < 4.78 is 10.4. The van der Waals surface area contributed by atoms with Gasteiger partial charge in [-0.2, -0.15) is 0 Å². The molecule has 0 saturated carbocycles. The Hall–Kier alpha value is -1.32. The summed E-state index contributed by atoms with van der Waals surface area (Å²) >= 11 is 3.75. The average molecular weight is 335 g/mol. The van der Waals surface area contributed by atoms with Crippen molar-refractivity contribution in [2.75, 3.05) is 20.8 Å². The average Bonchev–Trinajstić information content (AvgIpc) is 2.52. The van der Waals surface area contributed by atoms with E-state index in [9.17, 15) is 0 Å². The van der Waals surface area contributed by atoms with E-state index in [1.165, 1.54) is 16.7 Å². The topological polar surface area (TPSA) is 18.5 Å². The molecule has 0 aliphatic heterocycles. The lowest BCUT2D eigenvalue weighted by molar-refractivity contribution is 0.202. The van der Waals surface area contributed by atoms with Crippen LogP contribution in [0, 0.1) is 0 Å². The zero-order valence-electron chi connectivity index (χ0n) is 11.8. The van der Waals surface area contributed by atoms with Crippen LogP contribution in [0.15, 0.2) is 48.5 Å². The Balaban J connectivity index is 2.13. The number of ether oxygens (including phenoxy) is 2. The van der Waals surface area contributed by atoms with Gasteiger partial charge in [-0.05, 0) is 35.2 Å². The van der Waals surface area contributed by atoms with Crippen LogP contribution in [0.1, 0.15) is 21.5 Å². The Morgan fingerprint density at radius 2 is 1.75 bits per heavy atom. The Kier molecular flexibility index (Phi) is 5.62. The van der Waals surface area contributed by atoms with E-state index >= 15 is 0 Å². The molecule has 0 amide bonds. The zero-order chi connectivity index (χ0) is 14.4. The molecule has 0 aliphatic rings. The van der Waals surface area contributed by atoms with Crippen LogP contribution in [0.25, 0.3) is 0 Å². The predicted octanol–water partition coefficient (Wildman–Crippen LogP) is 4.37. The Bertz CT molecular complexity index is 537. The molecule has 0 radical (unpaired) electrons. The summed E-state index contributed by atoms with van der Waals surface area (Å²) in [5.41, 5.74) is 3.72. The summed E-state index contributed by atoms with van der Waals surface area (Å²) in [6, 6.07) is 16.7. The molecule has 0 fully saturated rings. The second-order valence-electron chi connectivity index (χ2n) is 4.62. The van der Waals surface area contributed by atoms with Gasteiger partial charge in [-0.1, -0.05) is 52.3 Å². The van der Waals surface area contributed by atoms with Crippen LogP contribution in [0.4, 0.5) is 0 Å². The fourth-order valence-corrected chi connectivity index (χ4v) is 2.65. The molecule has 106 valence electrons. The van der Waals surface area contributed by atoms with Crippen LogP contribution < -0.4 is 4.74 Å². The van der Waals surface area contributed by atoms with E-state index in [0.29, 0.717) is 0 Å². The lowest BCUT2D eigenvalue weighted by atomic mass is 10.0. The third kappa shape index (κ3) is 3.84. The van der Waals surface area contributed by atoms with Crippen LogP contribution in [0.3, 0.4) is 0 Å². The lowest BCUT2D eigenvalue weighted by Crippen LogP contribution is -1.97. The molecule has 0 heterocycles. The smallest absolute Gasteiger partial charge is 0.119 e. The Morgan fingerprint density at radius 1 is 1.00 bits per heavy atom. The first-order valence-corrected chi connectivity index (χ1v) is 7.52. The number of hydrogen-bond acceptors (Lipinski definition) is 2. The van der Waals surface area contributed by atoms with Gasteiger partial charge in [0.15, 0.2) is 0 Å². The third-order valence-electron chi connectivity index (χ3n) is 3.25. The molecule has 2 aromatic rings. The Labute approximate surface area is 128 Å². The van der Waals surface area contributed by atoms with Gasteiger partial charge < -0.3 is 9.47 Å². The summed E-state index contributed by atoms with van der Waals surface area (Å²) in [5.74, 6) is 0.878. The highest BCUT2D eigenvalue weighted by atomic mass is 79.9. The maximum atomic E-state index is 5.27. The fourth-order valence-electron chi connectivity index (χ4n) is 2.06. The molecule has 0 N–H and O–H groups in total. The first-order valence-electron chi connectivity index (χ1n) is 6.60. The summed E-state index contributed by atoms with van der Waals surface area (Å²) in [4.78, 5) is 0.175. The van der Waals surface area contributed by atoms with E-state index in [0.717, 1.165) is 18.8 Å². The first-order chi connectivity index (χ1) is 9.74. The fraction of sp³-hybridized carbons (Fsp3) is 0.294. The van der Waals surface area contributed by atoms with Gasteiger partial charge in [0.25, 0.3) is 0 Å². The number of halogens is 1. The number of rotatable bonds is 6. The van der Waals surface area contributed by atoms with Gasteiger partial charge in [0.2, 0.25) is 0 Å². The Morgan fingerprint density at radius 3 is 2.40 bits per heavy atom. The maximum Gasteiger partial charge on any atom is 0.119 e. The van der Waals surface area contributed by atoms with E-state index in [2.05, 4.69) is 52.3 Å². The van der Waals surface area contributed by atoms with Gasteiger partial charge >= 0.3 is 0 Å². The van der Waals surface area contributed by atoms with Crippen LogP contribution in [-0.4, -0.2) is 20.8 Å². The summed E-state index contributed by atoms with van der Waals surface area (Å²) in [6.45, 7) is 0.757. The van der Waals surface area contributed by atoms with Crippen molar-refractivity contribution in [1.82, 2.24) is 0 Å². The molecule has 3 heteroatoms. The van der Waals surface area contributed by atoms with Gasteiger partial charge in [0.1, 0.15) is 5.75 Å². The van der Waals surface area contributed by atoms with Crippen molar-refractivity contribution in [3.63, 3.8) is 0 Å². The molecule has 1 unspecified atom stereocenters. The van der Waals surface area contributed by atoms with E-state index in [1.54, 1.807) is 14.2 Å². The molecule has 0 spiro atoms. The molecule has 2 rings (SSSR count). The van der Waals surface area contributed by atoms with E-state index < -0.39 is 0 Å². The largest absolute Gasteiger partial charge is 0.497 e. The van der Waals surface area contributed by atoms with Crippen molar-refractivity contribution in [2.45, 2.75) is 11.2 Å². The quantitative estimate of drug-likeness (QED) is 0.730. The highest BCUT2D eigenvalue weighted by Gasteiger charge is 2.10. The minimum absolute atomic E-state index is 0.175. The van der Waals surface area contributed by atoms with Crippen LogP contribution in [0.2, 0.25) is 0 Å². The molecular weight excluding hydrogens is 316 g/mol. The number of alkyl halides is 1. The highest BCUT2D eigenvalue weighted by molar-refractivity contribution is 9.09.